The Bertz CT molecular complexity index is 310. The van der Waals surface area contributed by atoms with Crippen molar-refractivity contribution in [1.29, 1.82) is 0 Å². The molecule has 2 saturated heterocycles. The molecule has 3 heteroatoms. The Balaban J connectivity index is 1.68. The predicted octanol–water partition coefficient (Wildman–Crippen LogP) is 1.85. The molecule has 3 atom stereocenters. The SMILES string of the molecule is C[C@]12CC[C@@H]3O[C@@]31CC1(CC2)OCCO1. The van der Waals surface area contributed by atoms with Crippen LogP contribution >= 0.6 is 0 Å². The lowest BCUT2D eigenvalue weighted by molar-refractivity contribution is -0.208. The minimum atomic E-state index is -0.279. The highest BCUT2D eigenvalue weighted by Crippen LogP contribution is 2.69. The van der Waals surface area contributed by atoms with Crippen molar-refractivity contribution < 1.29 is 14.2 Å². The molecule has 4 aliphatic rings. The molecule has 2 spiro atoms. The van der Waals surface area contributed by atoms with Crippen molar-refractivity contribution in [2.24, 2.45) is 5.41 Å². The molecule has 0 amide bonds. The zero-order valence-corrected chi connectivity index (χ0v) is 9.25. The second kappa shape index (κ2) is 2.41. The van der Waals surface area contributed by atoms with Gasteiger partial charge in [-0.25, -0.2) is 0 Å². The molecule has 0 aromatic rings. The van der Waals surface area contributed by atoms with E-state index in [1.54, 1.807) is 0 Å². The maximum absolute atomic E-state index is 5.97. The molecule has 2 saturated carbocycles. The molecule has 2 aliphatic heterocycles. The monoisotopic (exact) mass is 210 g/mol. The van der Waals surface area contributed by atoms with Crippen LogP contribution in [-0.2, 0) is 14.2 Å². The Hall–Kier alpha value is -0.120. The van der Waals surface area contributed by atoms with Crippen LogP contribution in [0.2, 0.25) is 0 Å². The second-order valence-corrected chi connectivity index (χ2v) is 5.88. The molecule has 0 aromatic carbocycles. The molecule has 0 unspecified atom stereocenters. The van der Waals surface area contributed by atoms with E-state index in [1.807, 2.05) is 0 Å². The molecule has 4 fully saturated rings. The molecule has 0 radical (unpaired) electrons. The van der Waals surface area contributed by atoms with Gasteiger partial charge in [0.1, 0.15) is 5.60 Å². The highest BCUT2D eigenvalue weighted by atomic mass is 16.7. The zero-order chi connectivity index (χ0) is 10.1. The average Bonchev–Trinajstić information content (AvgIpc) is 2.61. The lowest BCUT2D eigenvalue weighted by Gasteiger charge is -2.44. The maximum Gasteiger partial charge on any atom is 0.171 e. The van der Waals surface area contributed by atoms with Crippen molar-refractivity contribution in [1.82, 2.24) is 0 Å². The second-order valence-electron chi connectivity index (χ2n) is 5.88. The van der Waals surface area contributed by atoms with Crippen LogP contribution in [0, 0.1) is 5.41 Å². The Morgan fingerprint density at radius 2 is 1.87 bits per heavy atom. The summed E-state index contributed by atoms with van der Waals surface area (Å²) in [5, 5.41) is 0. The summed E-state index contributed by atoms with van der Waals surface area (Å²) in [5.74, 6) is -0.279. The summed E-state index contributed by atoms with van der Waals surface area (Å²) in [4.78, 5) is 0. The van der Waals surface area contributed by atoms with Crippen LogP contribution in [0.3, 0.4) is 0 Å². The third-order valence-electron chi connectivity index (χ3n) is 5.20. The minimum Gasteiger partial charge on any atom is -0.365 e. The van der Waals surface area contributed by atoms with Crippen molar-refractivity contribution >= 4 is 0 Å². The van der Waals surface area contributed by atoms with E-state index in [-0.39, 0.29) is 11.4 Å². The van der Waals surface area contributed by atoms with Gasteiger partial charge in [-0.05, 0) is 24.7 Å². The fourth-order valence-corrected chi connectivity index (χ4v) is 4.11. The molecule has 2 aliphatic carbocycles. The van der Waals surface area contributed by atoms with Gasteiger partial charge in [-0.3, -0.25) is 0 Å². The van der Waals surface area contributed by atoms with Gasteiger partial charge in [-0.1, -0.05) is 6.92 Å². The molecule has 0 N–H and O–H groups in total. The van der Waals surface area contributed by atoms with Gasteiger partial charge in [0, 0.05) is 12.8 Å². The normalized spacial score (nSPS) is 55.4. The van der Waals surface area contributed by atoms with E-state index in [4.69, 9.17) is 14.2 Å². The smallest absolute Gasteiger partial charge is 0.171 e. The lowest BCUT2D eigenvalue weighted by Crippen LogP contribution is -2.49. The van der Waals surface area contributed by atoms with Crippen LogP contribution < -0.4 is 0 Å². The standard InChI is InChI=1S/C12H18O3/c1-10-3-2-9-12(10,15-9)8-11(5-4-10)13-6-7-14-11/h9H,2-8H2,1H3/t9-,10+,12-/m0/s1. The van der Waals surface area contributed by atoms with Gasteiger partial charge in [0.25, 0.3) is 0 Å². The number of rotatable bonds is 0. The van der Waals surface area contributed by atoms with Crippen molar-refractivity contribution in [3.05, 3.63) is 0 Å². The first kappa shape index (κ1) is 8.97. The van der Waals surface area contributed by atoms with Crippen LogP contribution in [0.15, 0.2) is 0 Å². The Labute approximate surface area is 90.1 Å². The van der Waals surface area contributed by atoms with Gasteiger partial charge in [0.2, 0.25) is 0 Å². The highest BCUT2D eigenvalue weighted by molar-refractivity contribution is 5.22. The topological polar surface area (TPSA) is 31.0 Å². The summed E-state index contributed by atoms with van der Waals surface area (Å²) in [6, 6.07) is 0. The van der Waals surface area contributed by atoms with Crippen LogP contribution in [0.5, 0.6) is 0 Å². The van der Waals surface area contributed by atoms with Crippen molar-refractivity contribution in [2.45, 2.75) is 56.5 Å². The van der Waals surface area contributed by atoms with Crippen molar-refractivity contribution in [2.75, 3.05) is 13.2 Å². The molecule has 0 aromatic heterocycles. The van der Waals surface area contributed by atoms with Gasteiger partial charge in [0.05, 0.1) is 19.3 Å². The van der Waals surface area contributed by atoms with Crippen LogP contribution in [0.1, 0.15) is 39.0 Å². The molecule has 4 rings (SSSR count). The Morgan fingerprint density at radius 3 is 2.60 bits per heavy atom. The molecular weight excluding hydrogens is 192 g/mol. The first-order chi connectivity index (χ1) is 7.18. The van der Waals surface area contributed by atoms with Gasteiger partial charge in [0.15, 0.2) is 5.79 Å². The van der Waals surface area contributed by atoms with Crippen molar-refractivity contribution in [3.63, 3.8) is 0 Å². The quantitative estimate of drug-likeness (QED) is 0.572. The van der Waals surface area contributed by atoms with Crippen LogP contribution in [-0.4, -0.2) is 30.7 Å². The summed E-state index contributed by atoms with van der Waals surface area (Å²) in [6.45, 7) is 3.91. The third kappa shape index (κ3) is 0.931. The minimum absolute atomic E-state index is 0.121. The maximum atomic E-state index is 5.97. The summed E-state index contributed by atoms with van der Waals surface area (Å²) in [5.41, 5.74) is 0.522. The molecule has 0 bridgehead atoms. The first-order valence-electron chi connectivity index (χ1n) is 6.14. The third-order valence-corrected chi connectivity index (χ3v) is 5.20. The van der Waals surface area contributed by atoms with E-state index >= 15 is 0 Å². The lowest BCUT2D eigenvalue weighted by atomic mass is 9.66. The fourth-order valence-electron chi connectivity index (χ4n) is 4.11. The summed E-state index contributed by atoms with van der Waals surface area (Å²) in [6.07, 6.45) is 6.30. The molecule has 2 heterocycles. The summed E-state index contributed by atoms with van der Waals surface area (Å²) >= 11 is 0. The average molecular weight is 210 g/mol. The Morgan fingerprint density at radius 1 is 1.07 bits per heavy atom. The van der Waals surface area contributed by atoms with Crippen molar-refractivity contribution in [3.8, 4) is 0 Å². The van der Waals surface area contributed by atoms with E-state index in [0.29, 0.717) is 11.5 Å². The van der Waals surface area contributed by atoms with Gasteiger partial charge in [-0.2, -0.15) is 0 Å². The predicted molar refractivity (Wildman–Crippen MR) is 53.4 cm³/mol. The fraction of sp³-hybridized carbons (Fsp3) is 1.00. The Kier molecular flexibility index (Phi) is 1.44. The van der Waals surface area contributed by atoms with Gasteiger partial charge in [-0.15, -0.1) is 0 Å². The molecule has 84 valence electrons. The molecule has 3 nitrogen and oxygen atoms in total. The zero-order valence-electron chi connectivity index (χ0n) is 9.25. The first-order valence-corrected chi connectivity index (χ1v) is 6.14. The summed E-state index contributed by atoms with van der Waals surface area (Å²) < 4.78 is 17.6. The summed E-state index contributed by atoms with van der Waals surface area (Å²) in [7, 11) is 0. The highest BCUT2D eigenvalue weighted by Gasteiger charge is 2.75. The number of ether oxygens (including phenoxy) is 3. The number of hydrogen-bond acceptors (Lipinski definition) is 3. The number of hydrogen-bond donors (Lipinski definition) is 0. The van der Waals surface area contributed by atoms with Gasteiger partial charge >= 0.3 is 0 Å². The van der Waals surface area contributed by atoms with Crippen LogP contribution in [0.4, 0.5) is 0 Å². The van der Waals surface area contributed by atoms with E-state index in [0.717, 1.165) is 26.1 Å². The molecular formula is C12H18O3. The van der Waals surface area contributed by atoms with Crippen LogP contribution in [0.25, 0.3) is 0 Å². The van der Waals surface area contributed by atoms with E-state index in [2.05, 4.69) is 6.92 Å². The van der Waals surface area contributed by atoms with E-state index in [9.17, 15) is 0 Å². The van der Waals surface area contributed by atoms with E-state index in [1.165, 1.54) is 19.3 Å². The number of epoxide rings is 1. The largest absolute Gasteiger partial charge is 0.365 e. The van der Waals surface area contributed by atoms with Gasteiger partial charge < -0.3 is 14.2 Å². The molecule has 15 heavy (non-hydrogen) atoms. The van der Waals surface area contributed by atoms with E-state index < -0.39 is 0 Å².